The fourth-order valence-corrected chi connectivity index (χ4v) is 6.10. The van der Waals surface area contributed by atoms with Gasteiger partial charge in [-0.15, -0.1) is 0 Å². The van der Waals surface area contributed by atoms with Crippen molar-refractivity contribution >= 4 is 33.0 Å². The Kier molecular flexibility index (Phi) is 4.70. The number of halogens is 2. The number of piperazine rings is 1. The Morgan fingerprint density at radius 2 is 1.81 bits per heavy atom. The normalized spacial score (nSPS) is 24.8. The van der Waals surface area contributed by atoms with Crippen molar-refractivity contribution in [1.82, 2.24) is 4.90 Å². The predicted molar refractivity (Wildman–Crippen MR) is 102 cm³/mol. The van der Waals surface area contributed by atoms with E-state index in [-0.39, 0.29) is 42.4 Å². The smallest absolute Gasteiger partial charge is 0.241 e. The van der Waals surface area contributed by atoms with Gasteiger partial charge in [0.1, 0.15) is 5.82 Å². The molecule has 0 spiro atoms. The average molecular weight is 409 g/mol. The van der Waals surface area contributed by atoms with Crippen molar-refractivity contribution in [2.75, 3.05) is 23.0 Å². The van der Waals surface area contributed by atoms with Crippen LogP contribution >= 0.6 is 11.6 Å². The van der Waals surface area contributed by atoms with Gasteiger partial charge in [0.05, 0.1) is 24.1 Å². The van der Waals surface area contributed by atoms with Crippen LogP contribution in [0.2, 0.25) is 5.02 Å². The van der Waals surface area contributed by atoms with Crippen LogP contribution in [-0.2, 0) is 21.2 Å². The molecule has 2 aliphatic rings. The zero-order valence-electron chi connectivity index (χ0n) is 14.4. The van der Waals surface area contributed by atoms with Gasteiger partial charge in [-0.2, -0.15) is 0 Å². The van der Waals surface area contributed by atoms with E-state index in [1.54, 1.807) is 52.3 Å². The Labute approximate surface area is 162 Å². The SMILES string of the molecule is O=C1CN(Cc2ccccc2F)[C@H]2CS(=O)(=O)C[C@@H]2N1c1cccc(Cl)c1. The number of sulfone groups is 1. The molecule has 0 aliphatic carbocycles. The number of rotatable bonds is 3. The largest absolute Gasteiger partial charge is 0.306 e. The van der Waals surface area contributed by atoms with E-state index < -0.39 is 15.9 Å². The molecule has 0 unspecified atom stereocenters. The molecule has 0 saturated carbocycles. The van der Waals surface area contributed by atoms with E-state index in [0.717, 1.165) is 0 Å². The maximum absolute atomic E-state index is 14.1. The Hall–Kier alpha value is -1.96. The number of benzene rings is 2. The maximum Gasteiger partial charge on any atom is 0.241 e. The molecule has 0 radical (unpaired) electrons. The van der Waals surface area contributed by atoms with Crippen LogP contribution < -0.4 is 4.90 Å². The molecule has 5 nitrogen and oxygen atoms in total. The van der Waals surface area contributed by atoms with Crippen LogP contribution in [0.3, 0.4) is 0 Å². The van der Waals surface area contributed by atoms with Gasteiger partial charge in [-0.1, -0.05) is 35.9 Å². The van der Waals surface area contributed by atoms with Crippen molar-refractivity contribution in [2.24, 2.45) is 0 Å². The number of fused-ring (bicyclic) bond motifs is 1. The van der Waals surface area contributed by atoms with Crippen LogP contribution in [0.25, 0.3) is 0 Å². The van der Waals surface area contributed by atoms with Gasteiger partial charge in [0.15, 0.2) is 9.84 Å². The number of hydrogen-bond acceptors (Lipinski definition) is 4. The van der Waals surface area contributed by atoms with Gasteiger partial charge in [-0.25, -0.2) is 12.8 Å². The van der Waals surface area contributed by atoms with E-state index >= 15 is 0 Å². The first-order valence-corrected chi connectivity index (χ1v) is 10.8. The summed E-state index contributed by atoms with van der Waals surface area (Å²) < 4.78 is 38.8. The molecule has 142 valence electrons. The van der Waals surface area contributed by atoms with Gasteiger partial charge in [0.2, 0.25) is 5.91 Å². The zero-order valence-corrected chi connectivity index (χ0v) is 16.0. The molecule has 2 fully saturated rings. The van der Waals surface area contributed by atoms with Crippen molar-refractivity contribution in [3.8, 4) is 0 Å². The fourth-order valence-electron chi connectivity index (χ4n) is 3.94. The summed E-state index contributed by atoms with van der Waals surface area (Å²) in [6.45, 7) is 0.218. The Bertz CT molecular complexity index is 998. The average Bonchev–Trinajstić information content (AvgIpc) is 2.92. The molecule has 27 heavy (non-hydrogen) atoms. The second kappa shape index (κ2) is 6.89. The Morgan fingerprint density at radius 3 is 2.56 bits per heavy atom. The van der Waals surface area contributed by atoms with E-state index in [2.05, 4.69) is 0 Å². The predicted octanol–water partition coefficient (Wildman–Crippen LogP) is 2.49. The third-order valence-corrected chi connectivity index (χ3v) is 7.05. The summed E-state index contributed by atoms with van der Waals surface area (Å²) in [5.74, 6) is -0.730. The van der Waals surface area contributed by atoms with Gasteiger partial charge >= 0.3 is 0 Å². The maximum atomic E-state index is 14.1. The quantitative estimate of drug-likeness (QED) is 0.783. The summed E-state index contributed by atoms with van der Waals surface area (Å²) in [5, 5.41) is 0.478. The Balaban J connectivity index is 1.69. The molecular formula is C19H18ClFN2O3S. The lowest BCUT2D eigenvalue weighted by Gasteiger charge is -2.43. The molecule has 2 aromatic rings. The number of carbonyl (C=O) groups excluding carboxylic acids is 1. The molecular weight excluding hydrogens is 391 g/mol. The van der Waals surface area contributed by atoms with E-state index in [4.69, 9.17) is 11.6 Å². The summed E-state index contributed by atoms with van der Waals surface area (Å²) in [4.78, 5) is 16.2. The monoisotopic (exact) mass is 408 g/mol. The third kappa shape index (κ3) is 3.59. The second-order valence-electron chi connectivity index (χ2n) is 6.95. The molecule has 2 aromatic carbocycles. The standard InChI is InChI=1S/C19H18ClFN2O3S/c20-14-5-3-6-15(8-14)23-18-12-27(25,26)11-17(18)22(10-19(23)24)9-13-4-1-2-7-16(13)21/h1-8,17-18H,9-12H2/t17-,18-/m0/s1. The molecule has 1 amide bonds. The minimum Gasteiger partial charge on any atom is -0.306 e. The van der Waals surface area contributed by atoms with Gasteiger partial charge in [-0.3, -0.25) is 9.69 Å². The zero-order chi connectivity index (χ0) is 19.2. The lowest BCUT2D eigenvalue weighted by molar-refractivity contribution is -0.123. The molecule has 2 heterocycles. The van der Waals surface area contributed by atoms with E-state index in [1.165, 1.54) is 6.07 Å². The topological polar surface area (TPSA) is 57.7 Å². The van der Waals surface area contributed by atoms with Crippen molar-refractivity contribution in [1.29, 1.82) is 0 Å². The molecule has 2 aliphatic heterocycles. The number of anilines is 1. The minimum absolute atomic E-state index is 0.0253. The van der Waals surface area contributed by atoms with Gasteiger partial charge < -0.3 is 4.90 Å². The van der Waals surface area contributed by atoms with Gasteiger partial charge in [0, 0.05) is 28.9 Å². The minimum atomic E-state index is -3.30. The first kappa shape index (κ1) is 18.4. The first-order chi connectivity index (χ1) is 12.8. The van der Waals surface area contributed by atoms with Crippen LogP contribution in [0.15, 0.2) is 48.5 Å². The molecule has 0 aromatic heterocycles. The molecule has 4 rings (SSSR count). The highest BCUT2D eigenvalue weighted by molar-refractivity contribution is 7.91. The van der Waals surface area contributed by atoms with Crippen LogP contribution in [0.1, 0.15) is 5.56 Å². The summed E-state index contributed by atoms with van der Waals surface area (Å²) in [6.07, 6.45) is 0. The van der Waals surface area contributed by atoms with Gasteiger partial charge in [0.25, 0.3) is 0 Å². The summed E-state index contributed by atoms with van der Waals surface area (Å²) in [7, 11) is -3.30. The summed E-state index contributed by atoms with van der Waals surface area (Å²) in [5.41, 5.74) is 1.04. The van der Waals surface area contributed by atoms with Crippen LogP contribution in [0.5, 0.6) is 0 Å². The third-order valence-electron chi connectivity index (χ3n) is 5.12. The lowest BCUT2D eigenvalue weighted by Crippen LogP contribution is -2.61. The fraction of sp³-hybridized carbons (Fsp3) is 0.316. The van der Waals surface area contributed by atoms with Crippen molar-refractivity contribution in [2.45, 2.75) is 18.6 Å². The molecule has 0 N–H and O–H groups in total. The number of hydrogen-bond donors (Lipinski definition) is 0. The van der Waals surface area contributed by atoms with Crippen LogP contribution in [0.4, 0.5) is 10.1 Å². The van der Waals surface area contributed by atoms with Crippen molar-refractivity contribution < 1.29 is 17.6 Å². The van der Waals surface area contributed by atoms with E-state index in [0.29, 0.717) is 16.3 Å². The molecule has 8 heteroatoms. The number of amides is 1. The van der Waals surface area contributed by atoms with Crippen LogP contribution in [-0.4, -0.2) is 49.4 Å². The highest BCUT2D eigenvalue weighted by atomic mass is 35.5. The Morgan fingerprint density at radius 1 is 1.07 bits per heavy atom. The first-order valence-electron chi connectivity index (χ1n) is 8.59. The lowest BCUT2D eigenvalue weighted by atomic mass is 10.0. The van der Waals surface area contributed by atoms with E-state index in [9.17, 15) is 17.6 Å². The highest BCUT2D eigenvalue weighted by Crippen LogP contribution is 2.33. The van der Waals surface area contributed by atoms with Crippen LogP contribution in [0, 0.1) is 5.82 Å². The van der Waals surface area contributed by atoms with Gasteiger partial charge in [-0.05, 0) is 24.3 Å². The molecule has 2 atom stereocenters. The van der Waals surface area contributed by atoms with Crippen molar-refractivity contribution in [3.63, 3.8) is 0 Å². The molecule has 0 bridgehead atoms. The van der Waals surface area contributed by atoms with E-state index in [1.807, 2.05) is 0 Å². The number of carbonyl (C=O) groups is 1. The molecule has 2 saturated heterocycles. The summed E-state index contributed by atoms with van der Waals surface area (Å²) >= 11 is 6.06. The second-order valence-corrected chi connectivity index (χ2v) is 9.54. The number of nitrogens with zero attached hydrogens (tertiary/aromatic N) is 2. The van der Waals surface area contributed by atoms with Crippen molar-refractivity contribution in [3.05, 3.63) is 64.9 Å². The highest BCUT2D eigenvalue weighted by Gasteiger charge is 2.49. The summed E-state index contributed by atoms with van der Waals surface area (Å²) in [6, 6.07) is 12.3.